The second-order valence-electron chi connectivity index (χ2n) is 7.90. The molecule has 5 heteroatoms. The molecule has 1 aliphatic heterocycles. The number of allylic oxidation sites excluding steroid dienone is 1. The van der Waals surface area contributed by atoms with Crippen LogP contribution in [0.4, 0.5) is 0 Å². The fourth-order valence-electron chi connectivity index (χ4n) is 4.22. The van der Waals surface area contributed by atoms with Gasteiger partial charge in [-0.15, -0.1) is 0 Å². The van der Waals surface area contributed by atoms with Gasteiger partial charge in [-0.25, -0.2) is 4.98 Å². The van der Waals surface area contributed by atoms with Crippen molar-refractivity contribution < 1.29 is 4.79 Å². The SMILES string of the molecule is C=C1CCC(n2c3ccccc3c3cccnc32)([Si](C)(C)C)C(=O)N1. The van der Waals surface area contributed by atoms with Crippen LogP contribution < -0.4 is 5.32 Å². The molecular formula is C20H23N3OSi. The molecule has 1 aromatic carbocycles. The number of benzene rings is 1. The highest BCUT2D eigenvalue weighted by Crippen LogP contribution is 2.43. The number of aromatic nitrogens is 2. The Kier molecular flexibility index (Phi) is 3.41. The van der Waals surface area contributed by atoms with E-state index < -0.39 is 13.2 Å². The van der Waals surface area contributed by atoms with Crippen LogP contribution in [0.2, 0.25) is 19.6 Å². The molecule has 1 unspecified atom stereocenters. The van der Waals surface area contributed by atoms with Crippen molar-refractivity contribution in [1.82, 2.24) is 14.9 Å². The first-order valence-corrected chi connectivity index (χ1v) is 12.2. The topological polar surface area (TPSA) is 46.9 Å². The molecule has 4 nitrogen and oxygen atoms in total. The van der Waals surface area contributed by atoms with E-state index in [1.165, 1.54) is 0 Å². The zero-order chi connectivity index (χ0) is 17.8. The number of rotatable bonds is 2. The van der Waals surface area contributed by atoms with Crippen LogP contribution in [0.5, 0.6) is 0 Å². The van der Waals surface area contributed by atoms with Gasteiger partial charge in [-0.1, -0.05) is 44.4 Å². The second-order valence-corrected chi connectivity index (χ2v) is 13.2. The lowest BCUT2D eigenvalue weighted by Crippen LogP contribution is -2.64. The standard InChI is InChI=1S/C20H23N3OSi/c1-14-11-12-20(19(24)22-14,25(2,3)4)23-17-10-6-5-8-15(17)16-9-7-13-21-18(16)23/h5-10,13H,1,11-12H2,2-4H3,(H,22,24). The zero-order valence-electron chi connectivity index (χ0n) is 15.0. The predicted molar refractivity (Wildman–Crippen MR) is 105 cm³/mol. The number of nitrogens with one attached hydrogen (secondary N) is 1. The van der Waals surface area contributed by atoms with Crippen LogP contribution >= 0.6 is 0 Å². The Bertz CT molecular complexity index is 961. The molecule has 25 heavy (non-hydrogen) atoms. The summed E-state index contributed by atoms with van der Waals surface area (Å²) in [6.45, 7) is 10.8. The summed E-state index contributed by atoms with van der Waals surface area (Å²) in [4.78, 5) is 18.1. The number of para-hydroxylation sites is 1. The molecular weight excluding hydrogens is 326 g/mol. The van der Waals surface area contributed by atoms with E-state index >= 15 is 0 Å². The monoisotopic (exact) mass is 349 g/mol. The summed E-state index contributed by atoms with van der Waals surface area (Å²) in [6, 6.07) is 12.4. The van der Waals surface area contributed by atoms with Gasteiger partial charge < -0.3 is 9.88 Å². The van der Waals surface area contributed by atoms with Crippen LogP contribution in [0.3, 0.4) is 0 Å². The lowest BCUT2D eigenvalue weighted by molar-refractivity contribution is -0.127. The van der Waals surface area contributed by atoms with Crippen molar-refractivity contribution in [2.24, 2.45) is 0 Å². The predicted octanol–water partition coefficient (Wildman–Crippen LogP) is 4.19. The summed E-state index contributed by atoms with van der Waals surface area (Å²) in [5, 5.41) is 4.73. The highest BCUT2D eigenvalue weighted by atomic mass is 28.3. The van der Waals surface area contributed by atoms with Gasteiger partial charge in [-0.05, 0) is 31.0 Å². The molecule has 2 aromatic heterocycles. The van der Waals surface area contributed by atoms with Gasteiger partial charge in [-0.2, -0.15) is 0 Å². The summed E-state index contributed by atoms with van der Waals surface area (Å²) in [7, 11) is -1.97. The number of hydrogen-bond acceptors (Lipinski definition) is 2. The molecule has 1 N–H and O–H groups in total. The van der Waals surface area contributed by atoms with Gasteiger partial charge >= 0.3 is 0 Å². The highest BCUT2D eigenvalue weighted by molar-refractivity contribution is 6.81. The van der Waals surface area contributed by atoms with Gasteiger partial charge in [0.05, 0.1) is 13.6 Å². The normalized spacial score (nSPS) is 21.7. The van der Waals surface area contributed by atoms with Crippen molar-refractivity contribution in [3.05, 3.63) is 54.9 Å². The van der Waals surface area contributed by atoms with Crippen LogP contribution in [-0.4, -0.2) is 23.5 Å². The van der Waals surface area contributed by atoms with Gasteiger partial charge in [0.1, 0.15) is 10.8 Å². The van der Waals surface area contributed by atoms with Crippen molar-refractivity contribution in [3.63, 3.8) is 0 Å². The molecule has 128 valence electrons. The number of piperidine rings is 1. The summed E-state index contributed by atoms with van der Waals surface area (Å²) < 4.78 is 2.23. The van der Waals surface area contributed by atoms with Crippen molar-refractivity contribution in [2.75, 3.05) is 0 Å². The van der Waals surface area contributed by atoms with Gasteiger partial charge in [0.2, 0.25) is 5.91 Å². The average molecular weight is 350 g/mol. The van der Waals surface area contributed by atoms with Crippen molar-refractivity contribution in [2.45, 2.75) is 37.6 Å². The molecule has 1 aliphatic rings. The summed E-state index contributed by atoms with van der Waals surface area (Å²) in [5.74, 6) is 0.0659. The Morgan fingerprint density at radius 1 is 1.16 bits per heavy atom. The first-order chi connectivity index (χ1) is 11.9. The molecule has 3 aromatic rings. The Morgan fingerprint density at radius 2 is 1.88 bits per heavy atom. The minimum absolute atomic E-state index is 0.0659. The maximum absolute atomic E-state index is 13.4. The molecule has 1 saturated heterocycles. The number of nitrogens with zero attached hydrogens (tertiary/aromatic N) is 2. The third-order valence-corrected chi connectivity index (χ3v) is 8.69. The molecule has 0 radical (unpaired) electrons. The quantitative estimate of drug-likeness (QED) is 0.705. The zero-order valence-corrected chi connectivity index (χ0v) is 16.0. The molecule has 1 fully saturated rings. The van der Waals surface area contributed by atoms with Crippen LogP contribution in [-0.2, 0) is 9.96 Å². The number of amides is 1. The molecule has 1 amide bonds. The molecule has 0 spiro atoms. The van der Waals surface area contributed by atoms with Crippen LogP contribution in [0.15, 0.2) is 54.9 Å². The number of hydrogen-bond donors (Lipinski definition) is 1. The molecule has 3 heterocycles. The van der Waals surface area contributed by atoms with Gasteiger partial charge in [-0.3, -0.25) is 4.79 Å². The minimum Gasteiger partial charge on any atom is -0.329 e. The molecule has 4 rings (SSSR count). The Balaban J connectivity index is 2.16. The lowest BCUT2D eigenvalue weighted by atomic mass is 10.0. The van der Waals surface area contributed by atoms with E-state index in [0.29, 0.717) is 0 Å². The van der Waals surface area contributed by atoms with E-state index in [0.717, 1.165) is 40.5 Å². The molecule has 1 atom stereocenters. The number of carbonyl (C=O) groups is 1. The second kappa shape index (κ2) is 5.30. The summed E-state index contributed by atoms with van der Waals surface area (Å²) >= 11 is 0. The van der Waals surface area contributed by atoms with E-state index in [1.54, 1.807) is 0 Å². The summed E-state index contributed by atoms with van der Waals surface area (Å²) in [6.07, 6.45) is 3.39. The van der Waals surface area contributed by atoms with E-state index in [-0.39, 0.29) is 5.91 Å². The number of fused-ring (bicyclic) bond motifs is 3. The van der Waals surface area contributed by atoms with Crippen LogP contribution in [0.25, 0.3) is 21.9 Å². The van der Waals surface area contributed by atoms with E-state index in [4.69, 9.17) is 0 Å². The fraction of sp³-hybridized carbons (Fsp3) is 0.300. The molecule has 0 bridgehead atoms. The van der Waals surface area contributed by atoms with Crippen molar-refractivity contribution in [3.8, 4) is 0 Å². The maximum atomic E-state index is 13.4. The number of pyridine rings is 1. The minimum atomic E-state index is -1.97. The largest absolute Gasteiger partial charge is 0.329 e. The Labute approximate surface area is 148 Å². The first-order valence-electron chi connectivity index (χ1n) is 8.70. The van der Waals surface area contributed by atoms with E-state index in [9.17, 15) is 4.79 Å². The van der Waals surface area contributed by atoms with Crippen molar-refractivity contribution in [1.29, 1.82) is 0 Å². The third-order valence-electron chi connectivity index (χ3n) is 5.51. The van der Waals surface area contributed by atoms with Gasteiger partial charge in [0, 0.05) is 22.7 Å². The van der Waals surface area contributed by atoms with Crippen LogP contribution in [0.1, 0.15) is 12.8 Å². The van der Waals surface area contributed by atoms with Gasteiger partial charge in [0.15, 0.2) is 0 Å². The van der Waals surface area contributed by atoms with Crippen LogP contribution in [0, 0.1) is 0 Å². The first kappa shape index (κ1) is 16.1. The lowest BCUT2D eigenvalue weighted by Gasteiger charge is -2.46. The Morgan fingerprint density at radius 3 is 2.60 bits per heavy atom. The van der Waals surface area contributed by atoms with E-state index in [1.807, 2.05) is 24.4 Å². The third kappa shape index (κ3) is 2.12. The molecule has 0 saturated carbocycles. The van der Waals surface area contributed by atoms with Gasteiger partial charge in [0.25, 0.3) is 0 Å². The molecule has 0 aliphatic carbocycles. The smallest absolute Gasteiger partial charge is 0.246 e. The maximum Gasteiger partial charge on any atom is 0.246 e. The Hall–Kier alpha value is -2.40. The highest BCUT2D eigenvalue weighted by Gasteiger charge is 2.54. The van der Waals surface area contributed by atoms with E-state index in [2.05, 4.69) is 59.3 Å². The summed E-state index contributed by atoms with van der Waals surface area (Å²) in [5.41, 5.74) is 2.79. The van der Waals surface area contributed by atoms with Crippen molar-refractivity contribution >= 4 is 35.9 Å². The number of carbonyl (C=O) groups excluding carboxylic acids is 1. The fourth-order valence-corrected chi connectivity index (χ4v) is 6.73. The average Bonchev–Trinajstić information content (AvgIpc) is 2.89.